The average molecular weight is 873 g/mol. The lowest BCUT2D eigenvalue weighted by molar-refractivity contribution is -0.121. The van der Waals surface area contributed by atoms with Crippen molar-refractivity contribution in [2.75, 3.05) is 54.5 Å². The van der Waals surface area contributed by atoms with Gasteiger partial charge in [-0.1, -0.05) is 48.0 Å². The highest BCUT2D eigenvalue weighted by Crippen LogP contribution is 2.37. The summed E-state index contributed by atoms with van der Waals surface area (Å²) in [5.74, 6) is 0.609. The van der Waals surface area contributed by atoms with E-state index in [-0.39, 0.29) is 47.5 Å². The van der Waals surface area contributed by atoms with Crippen LogP contribution < -0.4 is 37.6 Å². The Bertz CT molecular complexity index is 2670. The number of benzene rings is 2. The van der Waals surface area contributed by atoms with Crippen LogP contribution in [0.3, 0.4) is 0 Å². The largest absolute Gasteiger partial charge is 0.461 e. The first-order valence-corrected chi connectivity index (χ1v) is 20.4. The fraction of sp³-hybridized carbons (Fsp3) is 0.233. The number of furan rings is 1. The van der Waals surface area contributed by atoms with Gasteiger partial charge in [0.2, 0.25) is 23.6 Å². The Morgan fingerprint density at radius 3 is 2.13 bits per heavy atom. The number of anilines is 4. The lowest BCUT2D eigenvalue weighted by Crippen LogP contribution is -2.31. The van der Waals surface area contributed by atoms with Crippen molar-refractivity contribution in [2.45, 2.75) is 32.9 Å². The van der Waals surface area contributed by atoms with E-state index in [1.165, 1.54) is 10.8 Å². The molecule has 0 saturated carbocycles. The van der Waals surface area contributed by atoms with Crippen LogP contribution in [0.15, 0.2) is 95.9 Å². The number of carbonyl (C=O) groups is 3. The molecule has 0 atom stereocenters. The zero-order valence-corrected chi connectivity index (χ0v) is 34.9. The third-order valence-corrected chi connectivity index (χ3v) is 10.1. The van der Waals surface area contributed by atoms with Crippen LogP contribution in [-0.4, -0.2) is 90.1 Å². The molecule has 5 aromatic heterocycles. The maximum absolute atomic E-state index is 13.3. The number of nitrogens with zero attached hydrogens (tertiary/aromatic N) is 7. The Labute approximate surface area is 366 Å². The van der Waals surface area contributed by atoms with Crippen LogP contribution in [0.1, 0.15) is 50.5 Å². The van der Waals surface area contributed by atoms with E-state index in [9.17, 15) is 14.4 Å². The molecule has 0 aliphatic heterocycles. The maximum atomic E-state index is 13.3. The van der Waals surface area contributed by atoms with Gasteiger partial charge in [-0.3, -0.25) is 24.4 Å². The quantitative estimate of drug-likeness (QED) is 0.0492. The summed E-state index contributed by atoms with van der Waals surface area (Å²) in [6, 6.07) is 21.2. The van der Waals surface area contributed by atoms with Crippen LogP contribution >= 0.6 is 11.6 Å². The van der Waals surface area contributed by atoms with Crippen molar-refractivity contribution in [3.05, 3.63) is 125 Å². The predicted molar refractivity (Wildman–Crippen MR) is 238 cm³/mol. The minimum Gasteiger partial charge on any atom is -0.461 e. The number of carbonyl (C=O) groups excluding carboxylic acids is 3. The van der Waals surface area contributed by atoms with Crippen molar-refractivity contribution in [3.63, 3.8) is 0 Å². The Balaban J connectivity index is 0.827. The zero-order valence-electron chi connectivity index (χ0n) is 34.2. The van der Waals surface area contributed by atoms with Crippen LogP contribution in [0.5, 0.6) is 0 Å². The van der Waals surface area contributed by atoms with Gasteiger partial charge >= 0.3 is 0 Å². The Hall–Kier alpha value is -7.32. The number of nitrogens with two attached hydrogens (primary N) is 1. The van der Waals surface area contributed by atoms with Gasteiger partial charge in [-0.2, -0.15) is 19.5 Å². The molecule has 3 amide bonds. The van der Waals surface area contributed by atoms with E-state index < -0.39 is 5.91 Å². The molecule has 9 N–H and O–H groups in total. The number of halogens is 1. The molecule has 0 aliphatic rings. The Kier molecular flexibility index (Phi) is 14.6. The standard InChI is InChI=1S/C43H45ClN14O5/c1-26-29(30-7-3-9-32(37(30)44)53-40(62)34-15-13-28(25-51-34)23-47-19-20-59)6-2-8-31(26)52-39(61)33-14-12-27(24-50-33)22-46-17-18-48-36(60)11-4-16-49-42-55-41(45)58-43(56-42)54-38(57-58)35-10-5-21-63-35/h2-3,5-10,12-15,21,24-25,46-47,59H,4,11,16-20,22-23H2,1H3,(H,48,60)(H,52,61)(H,53,62)(H3,45,49,54,55,56,57). The first-order chi connectivity index (χ1) is 30.7. The van der Waals surface area contributed by atoms with Crippen molar-refractivity contribution < 1.29 is 23.9 Å². The summed E-state index contributed by atoms with van der Waals surface area (Å²) in [5.41, 5.74) is 11.5. The summed E-state index contributed by atoms with van der Waals surface area (Å²) in [6.45, 7) is 4.79. The topological polar surface area (TPSA) is 265 Å². The van der Waals surface area contributed by atoms with Gasteiger partial charge in [0.05, 0.1) is 23.6 Å². The number of aliphatic hydroxyl groups is 1. The van der Waals surface area contributed by atoms with Crippen molar-refractivity contribution in [1.29, 1.82) is 0 Å². The molecule has 2 aromatic carbocycles. The lowest BCUT2D eigenvalue weighted by atomic mass is 9.98. The van der Waals surface area contributed by atoms with E-state index in [4.69, 9.17) is 26.9 Å². The van der Waals surface area contributed by atoms with Gasteiger partial charge < -0.3 is 47.2 Å². The number of nitrogen functional groups attached to an aromatic ring is 1. The molecule has 63 heavy (non-hydrogen) atoms. The molecule has 324 valence electrons. The molecule has 0 unspecified atom stereocenters. The van der Waals surface area contributed by atoms with Crippen LogP contribution in [0, 0.1) is 6.92 Å². The molecule has 7 rings (SSSR count). The average Bonchev–Trinajstić information content (AvgIpc) is 3.99. The fourth-order valence-electron chi connectivity index (χ4n) is 6.37. The number of hydrogen-bond donors (Lipinski definition) is 8. The molecule has 0 radical (unpaired) electrons. The number of amides is 3. The highest BCUT2D eigenvalue weighted by Gasteiger charge is 2.18. The molecule has 20 heteroatoms. The third kappa shape index (κ3) is 11.3. The van der Waals surface area contributed by atoms with Crippen LogP contribution in [0.25, 0.3) is 28.5 Å². The first-order valence-electron chi connectivity index (χ1n) is 20.0. The highest BCUT2D eigenvalue weighted by atomic mass is 35.5. The van der Waals surface area contributed by atoms with Gasteiger partial charge in [0, 0.05) is 69.3 Å². The minimum atomic E-state index is -0.415. The van der Waals surface area contributed by atoms with Gasteiger partial charge in [0.1, 0.15) is 11.4 Å². The van der Waals surface area contributed by atoms with Crippen molar-refractivity contribution in [3.8, 4) is 22.7 Å². The molecule has 19 nitrogen and oxygen atoms in total. The zero-order chi connectivity index (χ0) is 44.1. The molecule has 7 aromatic rings. The van der Waals surface area contributed by atoms with E-state index in [1.807, 2.05) is 31.2 Å². The smallest absolute Gasteiger partial charge is 0.274 e. The number of hydrogen-bond acceptors (Lipinski definition) is 15. The van der Waals surface area contributed by atoms with Crippen LogP contribution in [0.4, 0.5) is 23.3 Å². The van der Waals surface area contributed by atoms with E-state index in [0.717, 1.165) is 22.3 Å². The molecule has 0 saturated heterocycles. The fourth-order valence-corrected chi connectivity index (χ4v) is 6.64. The summed E-state index contributed by atoms with van der Waals surface area (Å²) < 4.78 is 6.66. The summed E-state index contributed by atoms with van der Waals surface area (Å²) >= 11 is 6.85. The molecular weight excluding hydrogens is 828 g/mol. The SMILES string of the molecule is Cc1c(NC(=O)c2ccc(CNCCNC(=O)CCCNc3nc(N)n4nc(-c5ccco5)nc4n3)cn2)cccc1-c1cccc(NC(=O)c2ccc(CNCCO)cn2)c1Cl. The third-order valence-electron chi connectivity index (χ3n) is 9.64. The Morgan fingerprint density at radius 1 is 0.778 bits per heavy atom. The molecule has 0 spiro atoms. The summed E-state index contributed by atoms with van der Waals surface area (Å²) in [6.07, 6.45) is 5.61. The second-order valence-corrected chi connectivity index (χ2v) is 14.5. The van der Waals surface area contributed by atoms with Crippen molar-refractivity contribution in [1.82, 2.24) is 50.5 Å². The number of aromatic nitrogens is 7. The van der Waals surface area contributed by atoms with Gasteiger partial charge in [0.25, 0.3) is 17.6 Å². The highest BCUT2D eigenvalue weighted by molar-refractivity contribution is 6.36. The van der Waals surface area contributed by atoms with Crippen LogP contribution in [-0.2, 0) is 17.9 Å². The van der Waals surface area contributed by atoms with Gasteiger partial charge in [0.15, 0.2) is 5.76 Å². The van der Waals surface area contributed by atoms with E-state index in [1.54, 1.807) is 60.9 Å². The minimum absolute atomic E-state index is 0.0327. The molecule has 5 heterocycles. The number of pyridine rings is 2. The molecule has 0 bridgehead atoms. The van der Waals surface area contributed by atoms with Crippen molar-refractivity contribution in [2.24, 2.45) is 0 Å². The monoisotopic (exact) mass is 872 g/mol. The summed E-state index contributed by atoms with van der Waals surface area (Å²) in [7, 11) is 0. The van der Waals surface area contributed by atoms with Crippen LogP contribution in [0.2, 0.25) is 5.02 Å². The number of aliphatic hydroxyl groups excluding tert-OH is 1. The van der Waals surface area contributed by atoms with Gasteiger partial charge in [-0.05, 0) is 72.0 Å². The normalized spacial score (nSPS) is 11.1. The second-order valence-electron chi connectivity index (χ2n) is 14.1. The number of fused-ring (bicyclic) bond motifs is 1. The van der Waals surface area contributed by atoms with Gasteiger partial charge in [-0.15, -0.1) is 5.10 Å². The first kappa shape index (κ1) is 43.8. The Morgan fingerprint density at radius 2 is 1.46 bits per heavy atom. The predicted octanol–water partition coefficient (Wildman–Crippen LogP) is 4.46. The van der Waals surface area contributed by atoms with Crippen molar-refractivity contribution >= 4 is 58.4 Å². The summed E-state index contributed by atoms with van der Waals surface area (Å²) in [4.78, 5) is 60.2. The molecule has 0 fully saturated rings. The lowest BCUT2D eigenvalue weighted by Gasteiger charge is -2.16. The van der Waals surface area contributed by atoms with E-state index in [2.05, 4.69) is 61.9 Å². The molecule has 0 aliphatic carbocycles. The summed E-state index contributed by atoms with van der Waals surface area (Å²) in [5, 5.41) is 31.7. The van der Waals surface area contributed by atoms with E-state index in [0.29, 0.717) is 85.7 Å². The second kappa shape index (κ2) is 21.0. The number of rotatable bonds is 20. The van der Waals surface area contributed by atoms with E-state index >= 15 is 0 Å². The van der Waals surface area contributed by atoms with Gasteiger partial charge in [-0.25, -0.2) is 0 Å². The molecular formula is C43H45ClN14O5. The maximum Gasteiger partial charge on any atom is 0.274 e. The number of nitrogens with one attached hydrogen (secondary N) is 6.